The predicted molar refractivity (Wildman–Crippen MR) is 89.4 cm³/mol. The third-order valence-electron chi connectivity index (χ3n) is 4.93. The zero-order valence-electron chi connectivity index (χ0n) is 13.4. The zero-order chi connectivity index (χ0) is 14.5. The lowest BCUT2D eigenvalue weighted by Gasteiger charge is -2.32. The molecule has 2 saturated heterocycles. The quantitative estimate of drug-likeness (QED) is 0.767. The van der Waals surface area contributed by atoms with Gasteiger partial charge < -0.3 is 15.4 Å². The van der Waals surface area contributed by atoms with Gasteiger partial charge in [-0.15, -0.1) is 12.4 Å². The minimum atomic E-state index is 0. The number of rotatable bonds is 6. The molecule has 2 heterocycles. The van der Waals surface area contributed by atoms with Crippen LogP contribution in [0.4, 0.5) is 0 Å². The van der Waals surface area contributed by atoms with E-state index in [-0.39, 0.29) is 18.3 Å². The highest BCUT2D eigenvalue weighted by Crippen LogP contribution is 2.28. The van der Waals surface area contributed by atoms with Crippen molar-refractivity contribution in [3.05, 3.63) is 0 Å². The molecule has 1 saturated carbocycles. The Morgan fingerprint density at radius 3 is 2.32 bits per heavy atom. The molecule has 3 fully saturated rings. The second-order valence-electron chi connectivity index (χ2n) is 6.86. The lowest BCUT2D eigenvalue weighted by molar-refractivity contribution is -0.123. The van der Waals surface area contributed by atoms with Crippen LogP contribution in [0.2, 0.25) is 0 Å². The maximum atomic E-state index is 12.1. The van der Waals surface area contributed by atoms with Crippen LogP contribution in [0.1, 0.15) is 38.5 Å². The van der Waals surface area contributed by atoms with Crippen LogP contribution in [-0.2, 0) is 9.53 Å². The number of hydrogen-bond donors (Lipinski definition) is 2. The van der Waals surface area contributed by atoms with Crippen LogP contribution in [0.3, 0.4) is 0 Å². The van der Waals surface area contributed by atoms with Gasteiger partial charge in [-0.05, 0) is 51.0 Å². The molecule has 6 heteroatoms. The van der Waals surface area contributed by atoms with Crippen LogP contribution in [-0.4, -0.2) is 62.3 Å². The van der Waals surface area contributed by atoms with E-state index in [2.05, 4.69) is 15.5 Å². The SMILES string of the molecule is Cl.O=C(CN1CCC(NCC2CC2)CC1)NC1CCOCC1. The fraction of sp³-hybridized carbons (Fsp3) is 0.938. The van der Waals surface area contributed by atoms with E-state index in [4.69, 9.17) is 4.74 Å². The van der Waals surface area contributed by atoms with Crippen LogP contribution in [0, 0.1) is 5.92 Å². The molecule has 0 aromatic rings. The molecule has 0 spiro atoms. The monoisotopic (exact) mass is 331 g/mol. The van der Waals surface area contributed by atoms with Crippen LogP contribution in [0.25, 0.3) is 0 Å². The van der Waals surface area contributed by atoms with Gasteiger partial charge in [-0.1, -0.05) is 0 Å². The maximum absolute atomic E-state index is 12.1. The van der Waals surface area contributed by atoms with Gasteiger partial charge in [-0.3, -0.25) is 9.69 Å². The Balaban J connectivity index is 0.00000176. The molecule has 2 aliphatic heterocycles. The summed E-state index contributed by atoms with van der Waals surface area (Å²) in [7, 11) is 0. The van der Waals surface area contributed by atoms with E-state index in [1.165, 1.54) is 32.2 Å². The number of nitrogens with zero attached hydrogens (tertiary/aromatic N) is 1. The molecule has 0 atom stereocenters. The summed E-state index contributed by atoms with van der Waals surface area (Å²) in [6.07, 6.45) is 7.10. The van der Waals surface area contributed by atoms with Gasteiger partial charge in [0, 0.05) is 38.4 Å². The smallest absolute Gasteiger partial charge is 0.234 e. The van der Waals surface area contributed by atoms with Crippen molar-refractivity contribution < 1.29 is 9.53 Å². The first kappa shape index (κ1) is 18.0. The standard InChI is InChI=1S/C16H29N3O2.ClH/c20-16(18-15-5-9-21-10-6-15)12-19-7-3-14(4-8-19)17-11-13-1-2-13;/h13-15,17H,1-12H2,(H,18,20);1H. The van der Waals surface area contributed by atoms with Gasteiger partial charge in [0.15, 0.2) is 0 Å². The van der Waals surface area contributed by atoms with Crippen LogP contribution in [0.15, 0.2) is 0 Å². The molecular weight excluding hydrogens is 302 g/mol. The van der Waals surface area contributed by atoms with Crippen molar-refractivity contribution in [2.75, 3.05) is 39.4 Å². The highest BCUT2D eigenvalue weighted by molar-refractivity contribution is 5.85. The Morgan fingerprint density at radius 2 is 1.68 bits per heavy atom. The number of amides is 1. The van der Waals surface area contributed by atoms with E-state index in [9.17, 15) is 4.79 Å². The van der Waals surface area contributed by atoms with Crippen molar-refractivity contribution in [2.45, 2.75) is 50.6 Å². The molecule has 0 unspecified atom stereocenters. The fourth-order valence-corrected chi connectivity index (χ4v) is 3.27. The first-order chi connectivity index (χ1) is 10.3. The van der Waals surface area contributed by atoms with Crippen molar-refractivity contribution >= 4 is 18.3 Å². The van der Waals surface area contributed by atoms with Gasteiger partial charge in [0.2, 0.25) is 5.91 Å². The predicted octanol–water partition coefficient (Wildman–Crippen LogP) is 1.17. The first-order valence-corrected chi connectivity index (χ1v) is 8.62. The second-order valence-corrected chi connectivity index (χ2v) is 6.86. The lowest BCUT2D eigenvalue weighted by Crippen LogP contribution is -2.48. The number of nitrogens with one attached hydrogen (secondary N) is 2. The summed E-state index contributed by atoms with van der Waals surface area (Å²) < 4.78 is 5.32. The first-order valence-electron chi connectivity index (χ1n) is 8.62. The molecule has 128 valence electrons. The Bertz CT molecular complexity index is 338. The minimum absolute atomic E-state index is 0. The molecule has 2 N–H and O–H groups in total. The third-order valence-corrected chi connectivity index (χ3v) is 4.93. The van der Waals surface area contributed by atoms with Crippen LogP contribution in [0.5, 0.6) is 0 Å². The van der Waals surface area contributed by atoms with Gasteiger partial charge in [0.1, 0.15) is 0 Å². The molecule has 0 aromatic carbocycles. The summed E-state index contributed by atoms with van der Waals surface area (Å²) in [5.41, 5.74) is 0. The molecule has 0 bridgehead atoms. The Morgan fingerprint density at radius 1 is 1.00 bits per heavy atom. The number of hydrogen-bond acceptors (Lipinski definition) is 4. The number of piperidine rings is 1. The van der Waals surface area contributed by atoms with E-state index < -0.39 is 0 Å². The van der Waals surface area contributed by atoms with Gasteiger partial charge in [-0.2, -0.15) is 0 Å². The molecule has 22 heavy (non-hydrogen) atoms. The van der Waals surface area contributed by atoms with Crippen molar-refractivity contribution in [1.29, 1.82) is 0 Å². The van der Waals surface area contributed by atoms with Crippen LogP contribution < -0.4 is 10.6 Å². The number of likely N-dealkylation sites (tertiary alicyclic amines) is 1. The zero-order valence-corrected chi connectivity index (χ0v) is 14.2. The summed E-state index contributed by atoms with van der Waals surface area (Å²) in [5.74, 6) is 1.14. The molecule has 0 aromatic heterocycles. The van der Waals surface area contributed by atoms with Gasteiger partial charge in [-0.25, -0.2) is 0 Å². The number of carbonyl (C=O) groups is 1. The molecular formula is C16H30ClN3O2. The molecule has 5 nitrogen and oxygen atoms in total. The fourth-order valence-electron chi connectivity index (χ4n) is 3.27. The maximum Gasteiger partial charge on any atom is 0.234 e. The van der Waals surface area contributed by atoms with E-state index in [1.54, 1.807) is 0 Å². The van der Waals surface area contributed by atoms with Gasteiger partial charge >= 0.3 is 0 Å². The molecule has 1 aliphatic carbocycles. The summed E-state index contributed by atoms with van der Waals surface area (Å²) >= 11 is 0. The van der Waals surface area contributed by atoms with Crippen molar-refractivity contribution in [2.24, 2.45) is 5.92 Å². The minimum Gasteiger partial charge on any atom is -0.381 e. The Labute approximate surface area is 139 Å². The molecule has 3 rings (SSSR count). The number of carbonyl (C=O) groups excluding carboxylic acids is 1. The van der Waals surface area contributed by atoms with Gasteiger partial charge in [0.25, 0.3) is 0 Å². The highest BCUT2D eigenvalue weighted by atomic mass is 35.5. The van der Waals surface area contributed by atoms with E-state index >= 15 is 0 Å². The Hall–Kier alpha value is -0.360. The average Bonchev–Trinajstić information content (AvgIpc) is 3.32. The summed E-state index contributed by atoms with van der Waals surface area (Å²) in [4.78, 5) is 14.4. The van der Waals surface area contributed by atoms with Crippen LogP contribution >= 0.6 is 12.4 Å². The van der Waals surface area contributed by atoms with Crippen molar-refractivity contribution in [1.82, 2.24) is 15.5 Å². The molecule has 3 aliphatic rings. The lowest BCUT2D eigenvalue weighted by atomic mass is 10.0. The number of ether oxygens (including phenoxy) is 1. The molecule has 0 radical (unpaired) electrons. The largest absolute Gasteiger partial charge is 0.381 e. The van der Waals surface area contributed by atoms with Crippen molar-refractivity contribution in [3.8, 4) is 0 Å². The third kappa shape index (κ3) is 6.03. The van der Waals surface area contributed by atoms with Gasteiger partial charge in [0.05, 0.1) is 6.54 Å². The average molecular weight is 332 g/mol. The second kappa shape index (κ2) is 9.06. The molecule has 1 amide bonds. The summed E-state index contributed by atoms with van der Waals surface area (Å²) in [6.45, 7) is 5.42. The highest BCUT2D eigenvalue weighted by Gasteiger charge is 2.25. The van der Waals surface area contributed by atoms with E-state index in [1.807, 2.05) is 0 Å². The summed E-state index contributed by atoms with van der Waals surface area (Å²) in [6, 6.07) is 0.990. The summed E-state index contributed by atoms with van der Waals surface area (Å²) in [5, 5.41) is 6.83. The van der Waals surface area contributed by atoms with E-state index in [0.717, 1.165) is 45.1 Å². The van der Waals surface area contributed by atoms with E-state index in [0.29, 0.717) is 18.6 Å². The number of halogens is 1. The topological polar surface area (TPSA) is 53.6 Å². The van der Waals surface area contributed by atoms with Crippen molar-refractivity contribution in [3.63, 3.8) is 0 Å². The normalized spacial score (nSPS) is 24.7. The Kier molecular flexibility index (Phi) is 7.41.